The monoisotopic (exact) mass is 260 g/mol. The molecule has 0 aromatic carbocycles. The summed E-state index contributed by atoms with van der Waals surface area (Å²) >= 11 is 0. The molecule has 1 unspecified atom stereocenters. The van der Waals surface area contributed by atoms with Gasteiger partial charge < -0.3 is 15.5 Å². The van der Waals surface area contributed by atoms with Gasteiger partial charge >= 0.3 is 0 Å². The molecule has 2 aliphatic rings. The number of hydrogen-bond acceptors (Lipinski definition) is 4. The largest absolute Gasteiger partial charge is 0.353 e. The lowest BCUT2D eigenvalue weighted by Crippen LogP contribution is -2.52. The number of nitrogens with two attached hydrogens (primary N) is 1. The number of anilines is 1. The van der Waals surface area contributed by atoms with Crippen LogP contribution in [0.3, 0.4) is 0 Å². The van der Waals surface area contributed by atoms with Crippen molar-refractivity contribution < 1.29 is 4.79 Å². The number of nitrogens with zero attached hydrogens (tertiary/aromatic N) is 3. The molecule has 0 saturated carbocycles. The summed E-state index contributed by atoms with van der Waals surface area (Å²) in [4.78, 5) is 20.7. The van der Waals surface area contributed by atoms with E-state index in [1.165, 1.54) is 0 Å². The smallest absolute Gasteiger partial charge is 0.223 e. The summed E-state index contributed by atoms with van der Waals surface area (Å²) in [7, 11) is 0. The Balaban J connectivity index is 1.84. The zero-order valence-corrected chi connectivity index (χ0v) is 11.3. The predicted octanol–water partition coefficient (Wildman–Crippen LogP) is 0.660. The second-order valence-electron chi connectivity index (χ2n) is 5.37. The Morgan fingerprint density at radius 1 is 1.42 bits per heavy atom. The summed E-state index contributed by atoms with van der Waals surface area (Å²) in [5.41, 5.74) is 7.90. The molecule has 102 valence electrons. The number of carbonyl (C=O) groups is 1. The number of amides is 1. The van der Waals surface area contributed by atoms with Crippen molar-refractivity contribution in [2.45, 2.75) is 32.4 Å². The molecule has 0 spiro atoms. The van der Waals surface area contributed by atoms with Gasteiger partial charge in [-0.05, 0) is 19.4 Å². The SMILES string of the molecule is Cc1ccc(CN)c(N2CCN3C(=O)CCC3C2)n1. The molecule has 1 amide bonds. The van der Waals surface area contributed by atoms with Crippen LogP contribution >= 0.6 is 0 Å². The summed E-state index contributed by atoms with van der Waals surface area (Å²) in [5, 5.41) is 0. The van der Waals surface area contributed by atoms with Gasteiger partial charge in [-0.25, -0.2) is 4.98 Å². The lowest BCUT2D eigenvalue weighted by molar-refractivity contribution is -0.129. The minimum absolute atomic E-state index is 0.306. The predicted molar refractivity (Wildman–Crippen MR) is 73.8 cm³/mol. The first-order valence-electron chi connectivity index (χ1n) is 6.90. The van der Waals surface area contributed by atoms with Crippen LogP contribution in [0.2, 0.25) is 0 Å². The molecule has 5 heteroatoms. The number of piperazine rings is 1. The van der Waals surface area contributed by atoms with Crippen molar-refractivity contribution in [3.63, 3.8) is 0 Å². The highest BCUT2D eigenvalue weighted by molar-refractivity contribution is 5.79. The van der Waals surface area contributed by atoms with Crippen molar-refractivity contribution in [3.05, 3.63) is 23.4 Å². The molecule has 2 aliphatic heterocycles. The molecule has 1 aromatic rings. The molecular weight excluding hydrogens is 240 g/mol. The fourth-order valence-electron chi connectivity index (χ4n) is 3.06. The molecule has 2 N–H and O–H groups in total. The third-order valence-electron chi connectivity index (χ3n) is 4.11. The number of hydrogen-bond donors (Lipinski definition) is 1. The average molecular weight is 260 g/mol. The van der Waals surface area contributed by atoms with Crippen molar-refractivity contribution in [2.24, 2.45) is 5.73 Å². The summed E-state index contributed by atoms with van der Waals surface area (Å²) in [5.74, 6) is 1.31. The summed E-state index contributed by atoms with van der Waals surface area (Å²) in [6, 6.07) is 4.42. The van der Waals surface area contributed by atoms with Gasteiger partial charge in [0.2, 0.25) is 5.91 Å². The standard InChI is InChI=1S/C14H20N4O/c1-10-2-3-11(8-15)14(16-10)17-6-7-18-12(9-17)4-5-13(18)19/h2-3,12H,4-9,15H2,1H3. The second kappa shape index (κ2) is 4.81. The van der Waals surface area contributed by atoms with Crippen molar-refractivity contribution in [3.8, 4) is 0 Å². The molecule has 0 bridgehead atoms. The highest BCUT2D eigenvalue weighted by Gasteiger charge is 2.36. The Bertz CT molecular complexity index is 502. The quantitative estimate of drug-likeness (QED) is 0.848. The maximum atomic E-state index is 11.7. The van der Waals surface area contributed by atoms with Crippen LogP contribution in [0, 0.1) is 6.92 Å². The van der Waals surface area contributed by atoms with Crippen LogP contribution in [0.4, 0.5) is 5.82 Å². The van der Waals surface area contributed by atoms with Crippen molar-refractivity contribution in [1.82, 2.24) is 9.88 Å². The Morgan fingerprint density at radius 2 is 2.26 bits per heavy atom. The second-order valence-corrected chi connectivity index (χ2v) is 5.37. The van der Waals surface area contributed by atoms with Crippen LogP contribution in [-0.2, 0) is 11.3 Å². The van der Waals surface area contributed by atoms with E-state index in [9.17, 15) is 4.79 Å². The van der Waals surface area contributed by atoms with Crippen LogP contribution in [-0.4, -0.2) is 41.5 Å². The summed E-state index contributed by atoms with van der Waals surface area (Å²) < 4.78 is 0. The van der Waals surface area contributed by atoms with E-state index in [0.29, 0.717) is 24.9 Å². The molecule has 0 aliphatic carbocycles. The highest BCUT2D eigenvalue weighted by Crippen LogP contribution is 2.27. The number of pyridine rings is 1. The normalized spacial score (nSPS) is 22.8. The number of aryl methyl sites for hydroxylation is 1. The van der Waals surface area contributed by atoms with E-state index in [1.807, 2.05) is 17.9 Å². The number of fused-ring (bicyclic) bond motifs is 1. The van der Waals surface area contributed by atoms with E-state index in [0.717, 1.165) is 43.1 Å². The van der Waals surface area contributed by atoms with Crippen molar-refractivity contribution >= 4 is 11.7 Å². The number of aromatic nitrogens is 1. The fraction of sp³-hybridized carbons (Fsp3) is 0.571. The molecule has 3 heterocycles. The molecule has 3 rings (SSSR count). The first kappa shape index (κ1) is 12.4. The van der Waals surface area contributed by atoms with Crippen molar-refractivity contribution in [1.29, 1.82) is 0 Å². The van der Waals surface area contributed by atoms with E-state index >= 15 is 0 Å². The van der Waals surface area contributed by atoms with Gasteiger partial charge in [-0.2, -0.15) is 0 Å². The molecule has 0 radical (unpaired) electrons. The maximum Gasteiger partial charge on any atom is 0.223 e. The minimum Gasteiger partial charge on any atom is -0.353 e. The summed E-state index contributed by atoms with van der Waals surface area (Å²) in [6.07, 6.45) is 1.67. The summed E-state index contributed by atoms with van der Waals surface area (Å²) in [6.45, 7) is 5.05. The Kier molecular flexibility index (Phi) is 3.14. The van der Waals surface area contributed by atoms with E-state index in [-0.39, 0.29) is 0 Å². The lowest BCUT2D eigenvalue weighted by atomic mass is 10.1. The van der Waals surface area contributed by atoms with E-state index in [4.69, 9.17) is 5.73 Å². The molecule has 5 nitrogen and oxygen atoms in total. The third kappa shape index (κ3) is 2.18. The fourth-order valence-corrected chi connectivity index (χ4v) is 3.06. The molecular formula is C14H20N4O. The maximum absolute atomic E-state index is 11.7. The average Bonchev–Trinajstić information content (AvgIpc) is 2.80. The van der Waals surface area contributed by atoms with Gasteiger partial charge in [-0.15, -0.1) is 0 Å². The first-order valence-corrected chi connectivity index (χ1v) is 6.90. The Hall–Kier alpha value is -1.62. The third-order valence-corrected chi connectivity index (χ3v) is 4.11. The van der Waals surface area contributed by atoms with Crippen LogP contribution in [0.1, 0.15) is 24.1 Å². The van der Waals surface area contributed by atoms with Gasteiger partial charge in [0.1, 0.15) is 5.82 Å². The minimum atomic E-state index is 0.306. The van der Waals surface area contributed by atoms with Gasteiger partial charge in [0.05, 0.1) is 0 Å². The molecule has 2 saturated heterocycles. The molecule has 1 atom stereocenters. The molecule has 19 heavy (non-hydrogen) atoms. The van der Waals surface area contributed by atoms with Gasteiger partial charge in [0.25, 0.3) is 0 Å². The van der Waals surface area contributed by atoms with Crippen LogP contribution in [0.5, 0.6) is 0 Å². The topological polar surface area (TPSA) is 62.5 Å². The van der Waals surface area contributed by atoms with Gasteiger partial charge in [-0.1, -0.05) is 6.07 Å². The zero-order chi connectivity index (χ0) is 13.4. The van der Waals surface area contributed by atoms with E-state index < -0.39 is 0 Å². The van der Waals surface area contributed by atoms with E-state index in [1.54, 1.807) is 0 Å². The number of carbonyl (C=O) groups excluding carboxylic acids is 1. The van der Waals surface area contributed by atoms with Crippen molar-refractivity contribution in [2.75, 3.05) is 24.5 Å². The Morgan fingerprint density at radius 3 is 3.05 bits per heavy atom. The zero-order valence-electron chi connectivity index (χ0n) is 11.3. The van der Waals surface area contributed by atoms with Crippen LogP contribution < -0.4 is 10.6 Å². The van der Waals surface area contributed by atoms with Crippen LogP contribution in [0.15, 0.2) is 12.1 Å². The lowest BCUT2D eigenvalue weighted by Gasteiger charge is -2.39. The molecule has 2 fully saturated rings. The highest BCUT2D eigenvalue weighted by atomic mass is 16.2. The Labute approximate surface area is 113 Å². The van der Waals surface area contributed by atoms with Gasteiger partial charge in [0, 0.05) is 49.9 Å². The van der Waals surface area contributed by atoms with Gasteiger partial charge in [0.15, 0.2) is 0 Å². The molecule has 1 aromatic heterocycles. The first-order chi connectivity index (χ1) is 9.19. The number of rotatable bonds is 2. The van der Waals surface area contributed by atoms with Gasteiger partial charge in [-0.3, -0.25) is 4.79 Å². The van der Waals surface area contributed by atoms with Crippen LogP contribution in [0.25, 0.3) is 0 Å². The van der Waals surface area contributed by atoms with E-state index in [2.05, 4.69) is 16.0 Å².